The lowest BCUT2D eigenvalue weighted by atomic mass is 10.1. The summed E-state index contributed by atoms with van der Waals surface area (Å²) in [6.45, 7) is 4.88. The molecule has 82 valence electrons. The zero-order valence-electron chi connectivity index (χ0n) is 9.30. The van der Waals surface area contributed by atoms with Gasteiger partial charge in [-0.15, -0.1) is 0 Å². The van der Waals surface area contributed by atoms with Crippen LogP contribution in [0.4, 0.5) is 5.69 Å². The van der Waals surface area contributed by atoms with Gasteiger partial charge in [-0.2, -0.15) is 0 Å². The minimum atomic E-state index is -0.324. The van der Waals surface area contributed by atoms with Gasteiger partial charge in [0, 0.05) is 17.7 Å². The molecule has 0 N–H and O–H groups in total. The molecule has 0 aromatic heterocycles. The molecule has 0 fully saturated rings. The highest BCUT2D eigenvalue weighted by Crippen LogP contribution is 2.27. The molecule has 0 aliphatic rings. The number of nitro groups is 1. The van der Waals surface area contributed by atoms with E-state index in [9.17, 15) is 10.1 Å². The molecule has 0 aliphatic heterocycles. The number of nitrogens with zero attached hydrogens (tertiary/aromatic N) is 2. The molecule has 1 aromatic rings. The van der Waals surface area contributed by atoms with Gasteiger partial charge in [-0.05, 0) is 20.5 Å². The molecule has 4 heteroatoms. The Morgan fingerprint density at radius 2 is 2.07 bits per heavy atom. The molecule has 0 saturated heterocycles. The van der Waals surface area contributed by atoms with E-state index in [-0.39, 0.29) is 16.7 Å². The molecular weight excluding hydrogens is 192 g/mol. The molecule has 1 atom stereocenters. The second-order valence-corrected chi connectivity index (χ2v) is 3.57. The lowest BCUT2D eigenvalue weighted by molar-refractivity contribution is -0.385. The molecule has 0 saturated carbocycles. The lowest BCUT2D eigenvalue weighted by Crippen LogP contribution is -2.22. The van der Waals surface area contributed by atoms with Gasteiger partial charge in [0.2, 0.25) is 0 Å². The van der Waals surface area contributed by atoms with E-state index in [0.717, 1.165) is 12.1 Å². The van der Waals surface area contributed by atoms with Crippen molar-refractivity contribution in [1.82, 2.24) is 4.90 Å². The molecule has 0 heterocycles. The third kappa shape index (κ3) is 2.53. The van der Waals surface area contributed by atoms with Gasteiger partial charge in [0.05, 0.1) is 4.92 Å². The fourth-order valence-corrected chi connectivity index (χ4v) is 1.52. The van der Waals surface area contributed by atoms with Crippen LogP contribution in [-0.4, -0.2) is 23.4 Å². The highest BCUT2D eigenvalue weighted by Gasteiger charge is 2.19. The van der Waals surface area contributed by atoms with Gasteiger partial charge in [-0.3, -0.25) is 15.0 Å². The summed E-state index contributed by atoms with van der Waals surface area (Å²) in [7, 11) is 1.96. The normalized spacial score (nSPS) is 12.8. The van der Waals surface area contributed by atoms with Crippen molar-refractivity contribution in [1.29, 1.82) is 0 Å². The second kappa shape index (κ2) is 4.89. The quantitative estimate of drug-likeness (QED) is 0.564. The largest absolute Gasteiger partial charge is 0.300 e. The Labute approximate surface area is 89.7 Å². The monoisotopic (exact) mass is 208 g/mol. The number of hydrogen-bond acceptors (Lipinski definition) is 3. The summed E-state index contributed by atoms with van der Waals surface area (Å²) in [5.74, 6) is 0. The van der Waals surface area contributed by atoms with Gasteiger partial charge >= 0.3 is 0 Å². The maximum absolute atomic E-state index is 10.8. The molecule has 0 bridgehead atoms. The maximum Gasteiger partial charge on any atom is 0.274 e. The van der Waals surface area contributed by atoms with Crippen molar-refractivity contribution in [3.63, 3.8) is 0 Å². The first-order valence-electron chi connectivity index (χ1n) is 5.01. The molecule has 15 heavy (non-hydrogen) atoms. The topological polar surface area (TPSA) is 46.4 Å². The summed E-state index contributed by atoms with van der Waals surface area (Å²) >= 11 is 0. The summed E-state index contributed by atoms with van der Waals surface area (Å²) in [6.07, 6.45) is 0. The van der Waals surface area contributed by atoms with E-state index >= 15 is 0 Å². The van der Waals surface area contributed by atoms with Gasteiger partial charge in [0.15, 0.2) is 0 Å². The summed E-state index contributed by atoms with van der Waals surface area (Å²) < 4.78 is 0. The van der Waals surface area contributed by atoms with Crippen LogP contribution in [0.15, 0.2) is 24.3 Å². The highest BCUT2D eigenvalue weighted by atomic mass is 16.6. The number of rotatable bonds is 4. The van der Waals surface area contributed by atoms with Gasteiger partial charge < -0.3 is 0 Å². The molecule has 0 amide bonds. The standard InChI is InChI=1S/C11H16N2O2/c1-4-12(3)9(2)10-7-5-6-8-11(10)13(14)15/h5-9H,4H2,1-3H3/t9-/m0/s1. The Kier molecular flexibility index (Phi) is 3.80. The van der Waals surface area contributed by atoms with Crippen LogP contribution in [0, 0.1) is 10.1 Å². The van der Waals surface area contributed by atoms with Crippen molar-refractivity contribution in [3.8, 4) is 0 Å². The Balaban J connectivity index is 3.07. The van der Waals surface area contributed by atoms with Crippen LogP contribution in [0.2, 0.25) is 0 Å². The van der Waals surface area contributed by atoms with Gasteiger partial charge in [-0.1, -0.05) is 25.1 Å². The van der Waals surface area contributed by atoms with Crippen molar-refractivity contribution in [2.45, 2.75) is 19.9 Å². The third-order valence-corrected chi connectivity index (χ3v) is 2.74. The first-order valence-corrected chi connectivity index (χ1v) is 5.01. The maximum atomic E-state index is 10.8. The summed E-state index contributed by atoms with van der Waals surface area (Å²) in [4.78, 5) is 12.6. The fourth-order valence-electron chi connectivity index (χ4n) is 1.52. The van der Waals surface area contributed by atoms with Crippen molar-refractivity contribution in [3.05, 3.63) is 39.9 Å². The SMILES string of the molecule is CCN(C)[C@@H](C)c1ccccc1[N+](=O)[O-]. The Morgan fingerprint density at radius 3 is 2.60 bits per heavy atom. The van der Waals surface area contributed by atoms with Crippen LogP contribution >= 0.6 is 0 Å². The average Bonchev–Trinajstić information content (AvgIpc) is 2.27. The summed E-state index contributed by atoms with van der Waals surface area (Å²) in [5, 5.41) is 10.8. The van der Waals surface area contributed by atoms with Crippen LogP contribution in [-0.2, 0) is 0 Å². The molecular formula is C11H16N2O2. The zero-order chi connectivity index (χ0) is 11.4. The van der Waals surface area contributed by atoms with Gasteiger partial charge in [0.1, 0.15) is 0 Å². The van der Waals surface area contributed by atoms with E-state index in [1.54, 1.807) is 12.1 Å². The van der Waals surface area contributed by atoms with Crippen LogP contribution in [0.3, 0.4) is 0 Å². The molecule has 0 spiro atoms. The predicted molar refractivity (Wildman–Crippen MR) is 59.8 cm³/mol. The van der Waals surface area contributed by atoms with Crippen LogP contribution in [0.5, 0.6) is 0 Å². The van der Waals surface area contributed by atoms with Crippen LogP contribution in [0.1, 0.15) is 25.5 Å². The number of nitro benzene ring substituents is 1. The summed E-state index contributed by atoms with van der Waals surface area (Å²) in [5.41, 5.74) is 0.970. The van der Waals surface area contributed by atoms with E-state index in [0.29, 0.717) is 0 Å². The predicted octanol–water partition coefficient (Wildman–Crippen LogP) is 2.61. The Hall–Kier alpha value is -1.42. The van der Waals surface area contributed by atoms with Crippen LogP contribution < -0.4 is 0 Å². The summed E-state index contributed by atoms with van der Waals surface area (Å²) in [6, 6.07) is 6.96. The first kappa shape index (κ1) is 11.7. The molecule has 1 aromatic carbocycles. The zero-order valence-corrected chi connectivity index (χ0v) is 9.30. The minimum Gasteiger partial charge on any atom is -0.300 e. The van der Waals surface area contributed by atoms with E-state index in [1.165, 1.54) is 0 Å². The van der Waals surface area contributed by atoms with Crippen LogP contribution in [0.25, 0.3) is 0 Å². The average molecular weight is 208 g/mol. The molecule has 4 nitrogen and oxygen atoms in total. The highest BCUT2D eigenvalue weighted by molar-refractivity contribution is 5.41. The Bertz CT molecular complexity index is 352. The second-order valence-electron chi connectivity index (χ2n) is 3.57. The molecule has 0 radical (unpaired) electrons. The minimum absolute atomic E-state index is 0.0663. The van der Waals surface area contributed by atoms with Gasteiger partial charge in [0.25, 0.3) is 5.69 Å². The smallest absolute Gasteiger partial charge is 0.274 e. The van der Waals surface area contributed by atoms with Crippen molar-refractivity contribution >= 4 is 5.69 Å². The lowest BCUT2D eigenvalue weighted by Gasteiger charge is -2.22. The van der Waals surface area contributed by atoms with Crippen molar-refractivity contribution in [2.24, 2.45) is 0 Å². The van der Waals surface area contributed by atoms with E-state index in [4.69, 9.17) is 0 Å². The Morgan fingerprint density at radius 1 is 1.47 bits per heavy atom. The molecule has 0 aliphatic carbocycles. The molecule has 0 unspecified atom stereocenters. The molecule has 1 rings (SSSR count). The first-order chi connectivity index (χ1) is 7.07. The van der Waals surface area contributed by atoms with E-state index in [1.807, 2.05) is 33.0 Å². The fraction of sp³-hybridized carbons (Fsp3) is 0.455. The van der Waals surface area contributed by atoms with E-state index in [2.05, 4.69) is 4.90 Å². The van der Waals surface area contributed by atoms with Gasteiger partial charge in [-0.25, -0.2) is 0 Å². The number of benzene rings is 1. The van der Waals surface area contributed by atoms with E-state index < -0.39 is 0 Å². The number of hydrogen-bond donors (Lipinski definition) is 0. The van der Waals surface area contributed by atoms with Crippen molar-refractivity contribution in [2.75, 3.05) is 13.6 Å². The number of para-hydroxylation sites is 1. The van der Waals surface area contributed by atoms with Crippen molar-refractivity contribution < 1.29 is 4.92 Å². The third-order valence-electron chi connectivity index (χ3n) is 2.74.